The standard InChI is InChI=1S/C7H10N2.C2H7O4P/c1-3-4-9-6-5-8(2)7-9;1-5-7(3,4)6-2/h1,5-6H,4,7H2,2H3;1-2H3,(H,3,4). The number of nitrogens with zero attached hydrogens (tertiary/aromatic N) is 2. The van der Waals surface area contributed by atoms with E-state index in [1.54, 1.807) is 0 Å². The van der Waals surface area contributed by atoms with Crippen molar-refractivity contribution in [1.82, 2.24) is 9.80 Å². The van der Waals surface area contributed by atoms with E-state index in [4.69, 9.17) is 11.3 Å². The Morgan fingerprint density at radius 1 is 1.50 bits per heavy atom. The second-order valence-electron chi connectivity index (χ2n) is 2.98. The van der Waals surface area contributed by atoms with Crippen LogP contribution in [0.3, 0.4) is 0 Å². The van der Waals surface area contributed by atoms with Crippen molar-refractivity contribution < 1.29 is 18.5 Å². The highest BCUT2D eigenvalue weighted by Gasteiger charge is 2.13. The molecule has 0 fully saturated rings. The van der Waals surface area contributed by atoms with Crippen molar-refractivity contribution in [3.8, 4) is 12.3 Å². The van der Waals surface area contributed by atoms with E-state index in [0.29, 0.717) is 6.54 Å². The Morgan fingerprint density at radius 3 is 2.31 bits per heavy atom. The molecule has 0 bridgehead atoms. The third kappa shape index (κ3) is 6.49. The molecule has 7 heteroatoms. The Labute approximate surface area is 96.1 Å². The summed E-state index contributed by atoms with van der Waals surface area (Å²) < 4.78 is 18.0. The van der Waals surface area contributed by atoms with Crippen LogP contribution in [-0.4, -0.2) is 49.2 Å². The fourth-order valence-electron chi connectivity index (χ4n) is 0.883. The molecule has 0 aromatic rings. The second-order valence-corrected chi connectivity index (χ2v) is 4.65. The monoisotopic (exact) mass is 248 g/mol. The van der Waals surface area contributed by atoms with Crippen molar-refractivity contribution >= 4 is 7.82 Å². The van der Waals surface area contributed by atoms with Crippen LogP contribution in [0.1, 0.15) is 0 Å². The number of phosphoric ester groups is 1. The molecule has 1 rings (SSSR count). The van der Waals surface area contributed by atoms with E-state index in [9.17, 15) is 4.57 Å². The van der Waals surface area contributed by atoms with Gasteiger partial charge in [0.1, 0.15) is 0 Å². The lowest BCUT2D eigenvalue weighted by Gasteiger charge is -2.14. The zero-order valence-corrected chi connectivity index (χ0v) is 10.6. The maximum atomic E-state index is 10.1. The largest absolute Gasteiger partial charge is 0.471 e. The first-order valence-corrected chi connectivity index (χ1v) is 5.95. The third-order valence-electron chi connectivity index (χ3n) is 1.69. The molecule has 1 aliphatic rings. The SMILES string of the molecule is C#CCN1C=CN(C)C1.COP(=O)(O)OC. The molecule has 6 nitrogen and oxygen atoms in total. The summed E-state index contributed by atoms with van der Waals surface area (Å²) >= 11 is 0. The van der Waals surface area contributed by atoms with E-state index in [1.807, 2.05) is 19.4 Å². The van der Waals surface area contributed by atoms with Crippen LogP contribution in [0.25, 0.3) is 0 Å². The highest BCUT2D eigenvalue weighted by Crippen LogP contribution is 2.40. The molecule has 1 aliphatic heterocycles. The highest BCUT2D eigenvalue weighted by atomic mass is 31.2. The van der Waals surface area contributed by atoms with E-state index in [2.05, 4.69) is 24.8 Å². The molecule has 92 valence electrons. The van der Waals surface area contributed by atoms with Gasteiger partial charge in [0.25, 0.3) is 0 Å². The molecule has 0 saturated heterocycles. The summed E-state index contributed by atoms with van der Waals surface area (Å²) in [5.41, 5.74) is 0. The molecule has 0 spiro atoms. The van der Waals surface area contributed by atoms with Crippen molar-refractivity contribution in [2.24, 2.45) is 0 Å². The Balaban J connectivity index is 0.000000293. The minimum absolute atomic E-state index is 0.709. The zero-order chi connectivity index (χ0) is 12.6. The van der Waals surface area contributed by atoms with Gasteiger partial charge in [-0.15, -0.1) is 6.42 Å². The predicted octanol–water partition coefficient (Wildman–Crippen LogP) is 0.675. The molecule has 0 atom stereocenters. The maximum absolute atomic E-state index is 10.1. The van der Waals surface area contributed by atoms with Gasteiger partial charge in [-0.2, -0.15) is 0 Å². The van der Waals surface area contributed by atoms with Gasteiger partial charge in [-0.25, -0.2) is 4.57 Å². The fourth-order valence-corrected chi connectivity index (χ4v) is 1.03. The quantitative estimate of drug-likeness (QED) is 0.585. The summed E-state index contributed by atoms with van der Waals surface area (Å²) in [5, 5.41) is 0. The van der Waals surface area contributed by atoms with E-state index in [1.165, 1.54) is 0 Å². The van der Waals surface area contributed by atoms with E-state index < -0.39 is 7.82 Å². The van der Waals surface area contributed by atoms with Crippen LogP contribution < -0.4 is 0 Å². The number of terminal acetylenes is 1. The van der Waals surface area contributed by atoms with Crippen molar-refractivity contribution in [3.05, 3.63) is 12.4 Å². The van der Waals surface area contributed by atoms with Gasteiger partial charge >= 0.3 is 7.82 Å². The number of hydrogen-bond donors (Lipinski definition) is 1. The lowest BCUT2D eigenvalue weighted by atomic mass is 10.6. The van der Waals surface area contributed by atoms with E-state index in [0.717, 1.165) is 20.9 Å². The van der Waals surface area contributed by atoms with Crippen molar-refractivity contribution in [1.29, 1.82) is 0 Å². The molecule has 0 aliphatic carbocycles. The van der Waals surface area contributed by atoms with Crippen LogP contribution in [0.5, 0.6) is 0 Å². The van der Waals surface area contributed by atoms with Gasteiger partial charge in [0, 0.05) is 33.7 Å². The first-order valence-electron chi connectivity index (χ1n) is 4.45. The molecule has 0 aromatic heterocycles. The maximum Gasteiger partial charge on any atom is 0.471 e. The molecule has 0 aromatic carbocycles. The van der Waals surface area contributed by atoms with Crippen LogP contribution in [0.2, 0.25) is 0 Å². The van der Waals surface area contributed by atoms with E-state index in [-0.39, 0.29) is 0 Å². The van der Waals surface area contributed by atoms with Gasteiger partial charge in [0.2, 0.25) is 0 Å². The lowest BCUT2D eigenvalue weighted by molar-refractivity contribution is 0.204. The minimum atomic E-state index is -3.65. The summed E-state index contributed by atoms with van der Waals surface area (Å²) in [5.74, 6) is 2.58. The van der Waals surface area contributed by atoms with Gasteiger partial charge in [0.15, 0.2) is 0 Å². The van der Waals surface area contributed by atoms with Crippen molar-refractivity contribution in [2.75, 3.05) is 34.5 Å². The van der Waals surface area contributed by atoms with Gasteiger partial charge < -0.3 is 14.7 Å². The zero-order valence-electron chi connectivity index (χ0n) is 9.66. The van der Waals surface area contributed by atoms with E-state index >= 15 is 0 Å². The summed E-state index contributed by atoms with van der Waals surface area (Å²) in [4.78, 5) is 12.4. The average Bonchev–Trinajstić information content (AvgIpc) is 2.66. The molecule has 1 heterocycles. The molecule has 1 N–H and O–H groups in total. The Bertz CT molecular complexity index is 305. The molecule has 0 amide bonds. The lowest BCUT2D eigenvalue weighted by Crippen LogP contribution is -2.22. The van der Waals surface area contributed by atoms with Crippen molar-refractivity contribution in [3.63, 3.8) is 0 Å². The third-order valence-corrected chi connectivity index (χ3v) is 2.62. The number of rotatable bonds is 3. The normalized spacial score (nSPS) is 14.4. The predicted molar refractivity (Wildman–Crippen MR) is 61.2 cm³/mol. The topological polar surface area (TPSA) is 62.2 Å². The smallest absolute Gasteiger partial charge is 0.362 e. The molecule has 0 unspecified atom stereocenters. The van der Waals surface area contributed by atoms with Gasteiger partial charge in [-0.1, -0.05) is 5.92 Å². The Kier molecular flexibility index (Phi) is 6.86. The minimum Gasteiger partial charge on any atom is -0.362 e. The van der Waals surface area contributed by atoms with Gasteiger partial charge in [-0.3, -0.25) is 9.05 Å². The van der Waals surface area contributed by atoms with Crippen LogP contribution in [0.4, 0.5) is 0 Å². The second kappa shape index (κ2) is 7.31. The van der Waals surface area contributed by atoms with Crippen LogP contribution in [0, 0.1) is 12.3 Å². The van der Waals surface area contributed by atoms with Crippen molar-refractivity contribution in [2.45, 2.75) is 0 Å². The number of phosphoric acid groups is 1. The molecular formula is C9H17N2O4P. The Hall–Kier alpha value is -0.990. The molecule has 0 saturated carbocycles. The van der Waals surface area contributed by atoms with Gasteiger partial charge in [-0.05, 0) is 0 Å². The summed E-state index contributed by atoms with van der Waals surface area (Å²) in [7, 11) is 0.569. The number of hydrogen-bond acceptors (Lipinski definition) is 5. The molecular weight excluding hydrogens is 231 g/mol. The first-order chi connectivity index (χ1) is 7.45. The fraction of sp³-hybridized carbons (Fsp3) is 0.556. The highest BCUT2D eigenvalue weighted by molar-refractivity contribution is 7.47. The summed E-state index contributed by atoms with van der Waals surface area (Å²) in [6.45, 7) is 1.63. The average molecular weight is 248 g/mol. The summed E-state index contributed by atoms with van der Waals surface area (Å²) in [6, 6.07) is 0. The molecule has 16 heavy (non-hydrogen) atoms. The molecule has 0 radical (unpaired) electrons. The van der Waals surface area contributed by atoms with Gasteiger partial charge in [0.05, 0.1) is 13.2 Å². The van der Waals surface area contributed by atoms with Crippen LogP contribution in [0.15, 0.2) is 12.4 Å². The summed E-state index contributed by atoms with van der Waals surface area (Å²) in [6.07, 6.45) is 9.12. The first kappa shape index (κ1) is 15.0. The Morgan fingerprint density at radius 2 is 2.06 bits per heavy atom. The van der Waals surface area contributed by atoms with Crippen LogP contribution >= 0.6 is 7.82 Å². The van der Waals surface area contributed by atoms with Crippen LogP contribution in [-0.2, 0) is 13.6 Å².